The van der Waals surface area contributed by atoms with Gasteiger partial charge >= 0.3 is 0 Å². The van der Waals surface area contributed by atoms with Gasteiger partial charge in [0.1, 0.15) is 5.69 Å². The van der Waals surface area contributed by atoms with E-state index in [4.69, 9.17) is 6.42 Å². The molecule has 162 valence electrons. The third-order valence-electron chi connectivity index (χ3n) is 5.67. The summed E-state index contributed by atoms with van der Waals surface area (Å²) >= 11 is 0. The molecular formula is C28H35N3. The molecule has 31 heavy (non-hydrogen) atoms. The minimum absolute atomic E-state index is 0.00628. The zero-order valence-electron chi connectivity index (χ0n) is 20.5. The van der Waals surface area contributed by atoms with Crippen LogP contribution in [0.4, 0.5) is 0 Å². The highest BCUT2D eigenvalue weighted by atomic mass is 15.4. The van der Waals surface area contributed by atoms with Crippen LogP contribution in [-0.2, 0) is 16.2 Å². The summed E-state index contributed by atoms with van der Waals surface area (Å²) in [5, 5.41) is 8.96. The lowest BCUT2D eigenvalue weighted by atomic mass is 9.79. The zero-order valence-corrected chi connectivity index (χ0v) is 20.5. The Balaban J connectivity index is 2.13. The molecule has 0 aliphatic rings. The minimum Gasteiger partial charge on any atom is -0.220 e. The Labute approximate surface area is 187 Å². The quantitative estimate of drug-likeness (QED) is 0.432. The molecule has 0 spiro atoms. The molecule has 3 aromatic rings. The van der Waals surface area contributed by atoms with E-state index in [0.717, 1.165) is 22.5 Å². The molecule has 0 amide bonds. The molecule has 1 heterocycles. The first-order chi connectivity index (χ1) is 14.2. The molecule has 0 N–H and O–H groups in total. The van der Waals surface area contributed by atoms with Gasteiger partial charge in [0.25, 0.3) is 0 Å². The lowest BCUT2D eigenvalue weighted by Gasteiger charge is -2.26. The summed E-state index contributed by atoms with van der Waals surface area (Å²) in [5.41, 5.74) is 7.61. The monoisotopic (exact) mass is 413 g/mol. The van der Waals surface area contributed by atoms with Gasteiger partial charge < -0.3 is 0 Å². The molecule has 0 fully saturated rings. The van der Waals surface area contributed by atoms with Gasteiger partial charge in [0.2, 0.25) is 0 Å². The second-order valence-corrected chi connectivity index (χ2v) is 11.5. The van der Waals surface area contributed by atoms with Crippen molar-refractivity contribution in [1.29, 1.82) is 0 Å². The van der Waals surface area contributed by atoms with Gasteiger partial charge in [-0.15, -0.1) is 11.5 Å². The van der Waals surface area contributed by atoms with Crippen molar-refractivity contribution in [3.8, 4) is 29.3 Å². The molecule has 3 nitrogen and oxygen atoms in total. The predicted molar refractivity (Wildman–Crippen MR) is 131 cm³/mol. The number of aromatic nitrogens is 3. The summed E-state index contributed by atoms with van der Waals surface area (Å²) in [7, 11) is 0. The summed E-state index contributed by atoms with van der Waals surface area (Å²) in [6.07, 6.45) is 7.72. The molecule has 0 bridgehead atoms. The fraction of sp³-hybridized carbons (Fsp3) is 0.429. The van der Waals surface area contributed by atoms with Crippen molar-refractivity contribution in [2.75, 3.05) is 0 Å². The Morgan fingerprint density at radius 3 is 1.71 bits per heavy atom. The fourth-order valence-corrected chi connectivity index (χ4v) is 3.42. The first-order valence-corrected chi connectivity index (χ1v) is 10.9. The van der Waals surface area contributed by atoms with Gasteiger partial charge in [-0.1, -0.05) is 79.5 Å². The van der Waals surface area contributed by atoms with E-state index >= 15 is 0 Å². The van der Waals surface area contributed by atoms with Crippen molar-refractivity contribution >= 4 is 0 Å². The number of rotatable bonds is 2. The number of hydrogen-bond donors (Lipinski definition) is 0. The molecule has 0 aliphatic carbocycles. The third kappa shape index (κ3) is 5.07. The molecule has 0 unspecified atom stereocenters. The molecule has 0 saturated carbocycles. The summed E-state index contributed by atoms with van der Waals surface area (Å²) in [6, 6.07) is 13.0. The first kappa shape index (κ1) is 22.8. The Hall–Kier alpha value is -2.86. The van der Waals surface area contributed by atoms with E-state index in [1.165, 1.54) is 16.7 Å². The standard InChI is InChI=1S/C28H35N3/c1-11-19-12-21(26(2,3)4)17-24(13-19)31-18-25(29-30-31)20-14-22(27(5,6)7)16-23(15-20)28(8,9)10/h1,12-18H,2-10H3. The van der Waals surface area contributed by atoms with Gasteiger partial charge in [-0.25, -0.2) is 4.68 Å². The largest absolute Gasteiger partial charge is 0.220 e. The number of benzene rings is 2. The van der Waals surface area contributed by atoms with E-state index in [0.29, 0.717) is 0 Å². The van der Waals surface area contributed by atoms with Crippen LogP contribution in [0.3, 0.4) is 0 Å². The highest BCUT2D eigenvalue weighted by Gasteiger charge is 2.22. The van der Waals surface area contributed by atoms with Crippen LogP contribution in [0.5, 0.6) is 0 Å². The van der Waals surface area contributed by atoms with Gasteiger partial charge in [-0.3, -0.25) is 0 Å². The van der Waals surface area contributed by atoms with Crippen molar-refractivity contribution in [3.05, 3.63) is 64.8 Å². The SMILES string of the molecule is C#Cc1cc(-n2cc(-c3cc(C(C)(C)C)cc(C(C)(C)C)c3)nn2)cc(C(C)(C)C)c1. The van der Waals surface area contributed by atoms with Crippen LogP contribution in [-0.4, -0.2) is 15.0 Å². The molecule has 2 aromatic carbocycles. The summed E-state index contributed by atoms with van der Waals surface area (Å²) < 4.78 is 1.83. The van der Waals surface area contributed by atoms with Crippen molar-refractivity contribution in [2.24, 2.45) is 0 Å². The molecule has 3 rings (SSSR count). The van der Waals surface area contributed by atoms with Crippen molar-refractivity contribution in [1.82, 2.24) is 15.0 Å². The van der Waals surface area contributed by atoms with Gasteiger partial charge in [0.05, 0.1) is 11.9 Å². The Kier molecular flexibility index (Phi) is 5.65. The molecule has 0 saturated heterocycles. The van der Waals surface area contributed by atoms with Gasteiger partial charge in [0, 0.05) is 11.1 Å². The maximum atomic E-state index is 5.72. The van der Waals surface area contributed by atoms with Gasteiger partial charge in [0.15, 0.2) is 0 Å². The predicted octanol–water partition coefficient (Wildman–Crippen LogP) is 6.81. The van der Waals surface area contributed by atoms with E-state index < -0.39 is 0 Å². The van der Waals surface area contributed by atoms with Crippen LogP contribution in [0, 0.1) is 12.3 Å². The maximum absolute atomic E-state index is 5.72. The second kappa shape index (κ2) is 7.68. The van der Waals surface area contributed by atoms with E-state index in [9.17, 15) is 0 Å². The Morgan fingerprint density at radius 1 is 0.710 bits per heavy atom. The first-order valence-electron chi connectivity index (χ1n) is 10.9. The number of hydrogen-bond acceptors (Lipinski definition) is 2. The van der Waals surface area contributed by atoms with E-state index in [2.05, 4.69) is 109 Å². The Bertz CT molecular complexity index is 1100. The molecule has 0 radical (unpaired) electrons. The van der Waals surface area contributed by atoms with Gasteiger partial charge in [-0.05, 0) is 63.3 Å². The Morgan fingerprint density at radius 2 is 1.23 bits per heavy atom. The van der Waals surface area contributed by atoms with E-state index in [1.54, 1.807) is 0 Å². The molecule has 3 heteroatoms. The summed E-state index contributed by atoms with van der Waals surface area (Å²) in [5.74, 6) is 2.77. The van der Waals surface area contributed by atoms with E-state index in [1.807, 2.05) is 16.9 Å². The second-order valence-electron chi connectivity index (χ2n) is 11.5. The lowest BCUT2D eigenvalue weighted by molar-refractivity contribution is 0.569. The van der Waals surface area contributed by atoms with Crippen LogP contribution in [0.15, 0.2) is 42.6 Å². The van der Waals surface area contributed by atoms with Crippen LogP contribution in [0.25, 0.3) is 16.9 Å². The molecule has 0 atom stereocenters. The number of nitrogens with zero attached hydrogens (tertiary/aromatic N) is 3. The summed E-state index contributed by atoms with van der Waals surface area (Å²) in [6.45, 7) is 20.0. The number of terminal acetylenes is 1. The third-order valence-corrected chi connectivity index (χ3v) is 5.67. The highest BCUT2D eigenvalue weighted by Crippen LogP contribution is 2.33. The van der Waals surface area contributed by atoms with Crippen molar-refractivity contribution in [3.63, 3.8) is 0 Å². The smallest absolute Gasteiger partial charge is 0.113 e. The average Bonchev–Trinajstić information content (AvgIpc) is 3.15. The fourth-order valence-electron chi connectivity index (χ4n) is 3.42. The van der Waals surface area contributed by atoms with E-state index in [-0.39, 0.29) is 16.2 Å². The lowest BCUT2D eigenvalue weighted by Crippen LogP contribution is -2.16. The van der Waals surface area contributed by atoms with Crippen LogP contribution in [0.2, 0.25) is 0 Å². The minimum atomic E-state index is -0.00628. The average molecular weight is 414 g/mol. The van der Waals surface area contributed by atoms with Gasteiger partial charge in [-0.2, -0.15) is 0 Å². The molecule has 1 aromatic heterocycles. The maximum Gasteiger partial charge on any atom is 0.113 e. The molecule has 0 aliphatic heterocycles. The molecular weight excluding hydrogens is 378 g/mol. The zero-order chi connectivity index (χ0) is 23.2. The van der Waals surface area contributed by atoms with Crippen LogP contribution >= 0.6 is 0 Å². The topological polar surface area (TPSA) is 30.7 Å². The van der Waals surface area contributed by atoms with Crippen LogP contribution < -0.4 is 0 Å². The van der Waals surface area contributed by atoms with Crippen LogP contribution in [0.1, 0.15) is 84.6 Å². The summed E-state index contributed by atoms with van der Waals surface area (Å²) in [4.78, 5) is 0. The normalized spacial score (nSPS) is 12.6. The van der Waals surface area contributed by atoms with Crippen molar-refractivity contribution < 1.29 is 0 Å². The highest BCUT2D eigenvalue weighted by molar-refractivity contribution is 5.62. The van der Waals surface area contributed by atoms with Crippen molar-refractivity contribution in [2.45, 2.75) is 78.6 Å².